The molecule has 0 radical (unpaired) electrons. The lowest BCUT2D eigenvalue weighted by Gasteiger charge is -2.11. The number of nitrogens with zero attached hydrogens (tertiary/aromatic N) is 3. The molecular weight excluding hydrogens is 320 g/mol. The molecule has 0 aliphatic rings. The highest BCUT2D eigenvalue weighted by Gasteiger charge is 2.13. The minimum Gasteiger partial charge on any atom is -0.493 e. The topological polar surface area (TPSA) is 78.3 Å². The standard InChI is InChI=1S/C18H18N4O3/c1-3-25-16-10-9-13(11-17(16)24-2)20-18(23)15-12-19-22(21-15)14-7-5-4-6-8-14/h4-12H,3H2,1-2H3,(H,20,23). The van der Waals surface area contributed by atoms with E-state index in [9.17, 15) is 4.79 Å². The second-order valence-corrected chi connectivity index (χ2v) is 5.11. The van der Waals surface area contributed by atoms with E-state index in [1.807, 2.05) is 37.3 Å². The van der Waals surface area contributed by atoms with Crippen molar-refractivity contribution in [3.05, 3.63) is 60.4 Å². The highest BCUT2D eigenvalue weighted by Crippen LogP contribution is 2.30. The Kier molecular flexibility index (Phi) is 4.94. The number of benzene rings is 2. The molecule has 3 rings (SSSR count). The van der Waals surface area contributed by atoms with Crippen LogP contribution in [0, 0.1) is 0 Å². The van der Waals surface area contributed by atoms with Gasteiger partial charge in [0, 0.05) is 11.8 Å². The molecule has 0 saturated heterocycles. The summed E-state index contributed by atoms with van der Waals surface area (Å²) in [5.74, 6) is 0.819. The Hall–Kier alpha value is -3.35. The van der Waals surface area contributed by atoms with Crippen LogP contribution in [0.15, 0.2) is 54.7 Å². The van der Waals surface area contributed by atoms with Crippen molar-refractivity contribution in [2.75, 3.05) is 19.0 Å². The molecule has 0 unspecified atom stereocenters. The SMILES string of the molecule is CCOc1ccc(NC(=O)c2cnn(-c3ccccc3)n2)cc1OC. The number of para-hydroxylation sites is 1. The van der Waals surface area contributed by atoms with Crippen molar-refractivity contribution < 1.29 is 14.3 Å². The van der Waals surface area contributed by atoms with Gasteiger partial charge in [-0.3, -0.25) is 4.79 Å². The predicted octanol–water partition coefficient (Wildman–Crippen LogP) is 2.93. The van der Waals surface area contributed by atoms with E-state index in [-0.39, 0.29) is 11.6 Å². The van der Waals surface area contributed by atoms with Gasteiger partial charge < -0.3 is 14.8 Å². The molecule has 25 heavy (non-hydrogen) atoms. The van der Waals surface area contributed by atoms with Gasteiger partial charge >= 0.3 is 0 Å². The van der Waals surface area contributed by atoms with Crippen LogP contribution in [-0.4, -0.2) is 34.6 Å². The summed E-state index contributed by atoms with van der Waals surface area (Å²) in [5.41, 5.74) is 1.58. The first kappa shape index (κ1) is 16.5. The first-order valence-electron chi connectivity index (χ1n) is 7.81. The largest absolute Gasteiger partial charge is 0.493 e. The lowest BCUT2D eigenvalue weighted by molar-refractivity contribution is 0.102. The van der Waals surface area contributed by atoms with Crippen molar-refractivity contribution in [3.63, 3.8) is 0 Å². The second kappa shape index (κ2) is 7.48. The highest BCUT2D eigenvalue weighted by molar-refractivity contribution is 6.02. The minimum atomic E-state index is -0.353. The quantitative estimate of drug-likeness (QED) is 0.748. The molecule has 0 bridgehead atoms. The molecule has 1 N–H and O–H groups in total. The normalized spacial score (nSPS) is 10.3. The van der Waals surface area contributed by atoms with Gasteiger partial charge in [0.25, 0.3) is 5.91 Å². The number of hydrogen-bond donors (Lipinski definition) is 1. The number of amides is 1. The van der Waals surface area contributed by atoms with Gasteiger partial charge in [-0.2, -0.15) is 9.90 Å². The Bertz CT molecular complexity index is 862. The molecule has 128 valence electrons. The molecule has 0 aliphatic carbocycles. The minimum absolute atomic E-state index is 0.219. The summed E-state index contributed by atoms with van der Waals surface area (Å²) in [7, 11) is 1.55. The molecule has 1 aromatic heterocycles. The average molecular weight is 338 g/mol. The van der Waals surface area contributed by atoms with E-state index in [1.165, 1.54) is 11.0 Å². The zero-order valence-electron chi connectivity index (χ0n) is 14.0. The maximum Gasteiger partial charge on any atom is 0.277 e. The Morgan fingerprint density at radius 2 is 1.96 bits per heavy atom. The Balaban J connectivity index is 1.75. The van der Waals surface area contributed by atoms with Gasteiger partial charge in [-0.25, -0.2) is 0 Å². The summed E-state index contributed by atoms with van der Waals surface area (Å²) in [4.78, 5) is 13.8. The molecular formula is C18H18N4O3. The van der Waals surface area contributed by atoms with Crippen molar-refractivity contribution in [1.82, 2.24) is 15.0 Å². The van der Waals surface area contributed by atoms with Crippen molar-refractivity contribution >= 4 is 11.6 Å². The van der Waals surface area contributed by atoms with Gasteiger partial charge in [-0.05, 0) is 31.2 Å². The van der Waals surface area contributed by atoms with Crippen LogP contribution < -0.4 is 14.8 Å². The molecule has 7 nitrogen and oxygen atoms in total. The summed E-state index contributed by atoms with van der Waals surface area (Å²) in [6.45, 7) is 2.43. The van der Waals surface area contributed by atoms with E-state index in [1.54, 1.807) is 25.3 Å². The number of methoxy groups -OCH3 is 1. The lowest BCUT2D eigenvalue weighted by atomic mass is 10.2. The van der Waals surface area contributed by atoms with Gasteiger partial charge in [0.15, 0.2) is 17.2 Å². The zero-order valence-corrected chi connectivity index (χ0v) is 14.0. The van der Waals surface area contributed by atoms with Crippen LogP contribution in [0.4, 0.5) is 5.69 Å². The van der Waals surface area contributed by atoms with Crippen molar-refractivity contribution in [2.24, 2.45) is 0 Å². The van der Waals surface area contributed by atoms with E-state index in [4.69, 9.17) is 9.47 Å². The molecule has 0 fully saturated rings. The second-order valence-electron chi connectivity index (χ2n) is 5.11. The molecule has 0 aliphatic heterocycles. The molecule has 2 aromatic carbocycles. The summed E-state index contributed by atoms with van der Waals surface area (Å²) in [5, 5.41) is 11.1. The number of nitrogens with one attached hydrogen (secondary N) is 1. The highest BCUT2D eigenvalue weighted by atomic mass is 16.5. The number of ether oxygens (including phenoxy) is 2. The Morgan fingerprint density at radius 1 is 1.16 bits per heavy atom. The number of anilines is 1. The monoisotopic (exact) mass is 338 g/mol. The number of carbonyl (C=O) groups is 1. The van der Waals surface area contributed by atoms with Gasteiger partial charge in [0.2, 0.25) is 0 Å². The van der Waals surface area contributed by atoms with Gasteiger partial charge in [-0.15, -0.1) is 5.10 Å². The number of hydrogen-bond acceptors (Lipinski definition) is 5. The molecule has 1 amide bonds. The van der Waals surface area contributed by atoms with Crippen LogP contribution in [0.25, 0.3) is 5.69 Å². The third-order valence-corrected chi connectivity index (χ3v) is 3.43. The van der Waals surface area contributed by atoms with Crippen molar-refractivity contribution in [1.29, 1.82) is 0 Å². The van der Waals surface area contributed by atoms with Crippen molar-refractivity contribution in [3.8, 4) is 17.2 Å². The fraction of sp³-hybridized carbons (Fsp3) is 0.167. The van der Waals surface area contributed by atoms with Crippen LogP contribution >= 0.6 is 0 Å². The fourth-order valence-corrected chi connectivity index (χ4v) is 2.27. The van der Waals surface area contributed by atoms with Crippen LogP contribution in [0.1, 0.15) is 17.4 Å². The fourth-order valence-electron chi connectivity index (χ4n) is 2.27. The molecule has 0 atom stereocenters. The maximum absolute atomic E-state index is 12.4. The summed E-state index contributed by atoms with van der Waals surface area (Å²) >= 11 is 0. The van der Waals surface area contributed by atoms with Crippen molar-refractivity contribution in [2.45, 2.75) is 6.92 Å². The number of aromatic nitrogens is 3. The van der Waals surface area contributed by atoms with E-state index < -0.39 is 0 Å². The maximum atomic E-state index is 12.4. The van der Waals surface area contributed by atoms with Crippen LogP contribution in [-0.2, 0) is 0 Å². The van der Waals surface area contributed by atoms with E-state index in [2.05, 4.69) is 15.5 Å². The number of rotatable bonds is 6. The summed E-state index contributed by atoms with van der Waals surface area (Å²) in [6, 6.07) is 14.6. The number of carbonyl (C=O) groups excluding carboxylic acids is 1. The first-order chi connectivity index (χ1) is 12.2. The van der Waals surface area contributed by atoms with Gasteiger partial charge in [0.1, 0.15) is 0 Å². The zero-order chi connectivity index (χ0) is 17.6. The van der Waals surface area contributed by atoms with E-state index in [0.29, 0.717) is 23.8 Å². The molecule has 1 heterocycles. The third-order valence-electron chi connectivity index (χ3n) is 3.43. The lowest BCUT2D eigenvalue weighted by Crippen LogP contribution is -2.13. The Labute approximate surface area is 145 Å². The summed E-state index contributed by atoms with van der Waals surface area (Å²) in [6.07, 6.45) is 1.42. The smallest absolute Gasteiger partial charge is 0.277 e. The van der Waals surface area contributed by atoms with Gasteiger partial charge in [-0.1, -0.05) is 18.2 Å². The average Bonchev–Trinajstić information content (AvgIpc) is 3.14. The summed E-state index contributed by atoms with van der Waals surface area (Å²) < 4.78 is 10.7. The predicted molar refractivity (Wildman–Crippen MR) is 93.5 cm³/mol. The molecule has 0 spiro atoms. The molecule has 3 aromatic rings. The Morgan fingerprint density at radius 3 is 2.68 bits per heavy atom. The van der Waals surface area contributed by atoms with Gasteiger partial charge in [0.05, 0.1) is 25.6 Å². The molecule has 7 heteroatoms. The van der Waals surface area contributed by atoms with Crippen LogP contribution in [0.5, 0.6) is 11.5 Å². The van der Waals surface area contributed by atoms with E-state index >= 15 is 0 Å². The first-order valence-corrected chi connectivity index (χ1v) is 7.81. The van der Waals surface area contributed by atoms with Crippen LogP contribution in [0.3, 0.4) is 0 Å². The van der Waals surface area contributed by atoms with E-state index in [0.717, 1.165) is 5.69 Å². The van der Waals surface area contributed by atoms with Crippen LogP contribution in [0.2, 0.25) is 0 Å². The third kappa shape index (κ3) is 3.77. The molecule has 0 saturated carbocycles.